The number of carboxylic acids is 1. The van der Waals surface area contributed by atoms with Gasteiger partial charge < -0.3 is 14.6 Å². The lowest BCUT2D eigenvalue weighted by Crippen LogP contribution is -2.08. The molecule has 0 aliphatic rings. The van der Waals surface area contributed by atoms with Crippen molar-refractivity contribution in [1.29, 1.82) is 0 Å². The molecule has 0 amide bonds. The fraction of sp³-hybridized carbons (Fsp3) is 0.417. The van der Waals surface area contributed by atoms with Crippen molar-refractivity contribution in [2.24, 2.45) is 0 Å². The van der Waals surface area contributed by atoms with Crippen LogP contribution in [0.1, 0.15) is 31.1 Å². The fourth-order valence-electron chi connectivity index (χ4n) is 1.26. The molecule has 1 aromatic rings. The van der Waals surface area contributed by atoms with E-state index in [1.54, 1.807) is 6.07 Å². The zero-order valence-electron chi connectivity index (χ0n) is 9.69. The molecule has 4 nitrogen and oxygen atoms in total. The smallest absolute Gasteiger partial charge is 0.335 e. The van der Waals surface area contributed by atoms with Crippen LogP contribution in [-0.2, 0) is 0 Å². The molecule has 0 heterocycles. The average Bonchev–Trinajstić information content (AvgIpc) is 2.20. The summed E-state index contributed by atoms with van der Waals surface area (Å²) in [5, 5.41) is 8.85. The van der Waals surface area contributed by atoms with Crippen LogP contribution in [0.2, 0.25) is 0 Å². The van der Waals surface area contributed by atoms with Crippen molar-refractivity contribution in [2.45, 2.75) is 26.9 Å². The molecule has 0 bridgehead atoms. The van der Waals surface area contributed by atoms with E-state index in [0.29, 0.717) is 18.1 Å². The van der Waals surface area contributed by atoms with Gasteiger partial charge in [-0.1, -0.05) is 0 Å². The highest BCUT2D eigenvalue weighted by Crippen LogP contribution is 2.29. The third kappa shape index (κ3) is 3.15. The molecule has 1 N–H and O–H groups in total. The summed E-state index contributed by atoms with van der Waals surface area (Å²) < 4.78 is 10.9. The van der Waals surface area contributed by atoms with Crippen LogP contribution in [0.4, 0.5) is 0 Å². The van der Waals surface area contributed by atoms with Crippen molar-refractivity contribution in [3.8, 4) is 11.5 Å². The molecule has 0 aliphatic heterocycles. The number of carboxylic acid groups (broad SMARTS) is 1. The molecule has 0 fully saturated rings. The molecule has 0 unspecified atom stereocenters. The quantitative estimate of drug-likeness (QED) is 0.835. The SMILES string of the molecule is CCOc1cc(C(=O)O)ccc1OC(C)C. The number of hydrogen-bond acceptors (Lipinski definition) is 3. The van der Waals surface area contributed by atoms with Crippen molar-refractivity contribution >= 4 is 5.97 Å². The third-order valence-electron chi connectivity index (χ3n) is 1.85. The van der Waals surface area contributed by atoms with Gasteiger partial charge in [0.25, 0.3) is 0 Å². The maximum absolute atomic E-state index is 10.8. The summed E-state index contributed by atoms with van der Waals surface area (Å²) in [6.07, 6.45) is 0.0230. The number of rotatable bonds is 5. The first-order valence-corrected chi connectivity index (χ1v) is 5.21. The minimum Gasteiger partial charge on any atom is -0.490 e. The van der Waals surface area contributed by atoms with E-state index in [1.807, 2.05) is 20.8 Å². The Morgan fingerprint density at radius 2 is 2.06 bits per heavy atom. The summed E-state index contributed by atoms with van der Waals surface area (Å²) in [5.41, 5.74) is 0.194. The highest BCUT2D eigenvalue weighted by molar-refractivity contribution is 5.88. The number of carbonyl (C=O) groups is 1. The van der Waals surface area contributed by atoms with Gasteiger partial charge >= 0.3 is 5.97 Å². The van der Waals surface area contributed by atoms with Gasteiger partial charge in [0.1, 0.15) is 0 Å². The Hall–Kier alpha value is -1.71. The average molecular weight is 224 g/mol. The van der Waals surface area contributed by atoms with Gasteiger partial charge in [0.05, 0.1) is 18.3 Å². The molecule has 0 spiro atoms. The van der Waals surface area contributed by atoms with Crippen LogP contribution < -0.4 is 9.47 Å². The summed E-state index contributed by atoms with van der Waals surface area (Å²) in [7, 11) is 0. The Morgan fingerprint density at radius 3 is 2.56 bits per heavy atom. The maximum atomic E-state index is 10.8. The molecular weight excluding hydrogens is 208 g/mol. The normalized spacial score (nSPS) is 10.2. The molecule has 0 radical (unpaired) electrons. The van der Waals surface area contributed by atoms with E-state index in [0.717, 1.165) is 0 Å². The molecule has 0 saturated carbocycles. The predicted molar refractivity (Wildman–Crippen MR) is 60.3 cm³/mol. The van der Waals surface area contributed by atoms with Crippen molar-refractivity contribution in [1.82, 2.24) is 0 Å². The zero-order chi connectivity index (χ0) is 12.1. The monoisotopic (exact) mass is 224 g/mol. The molecule has 1 rings (SSSR count). The van der Waals surface area contributed by atoms with Gasteiger partial charge in [-0.15, -0.1) is 0 Å². The standard InChI is InChI=1S/C12H16O4/c1-4-15-11-7-9(12(13)14)5-6-10(11)16-8(2)3/h5-8H,4H2,1-3H3,(H,13,14). The molecule has 0 saturated heterocycles. The molecule has 16 heavy (non-hydrogen) atoms. The molecule has 0 aliphatic carbocycles. The van der Waals surface area contributed by atoms with E-state index in [1.165, 1.54) is 12.1 Å². The van der Waals surface area contributed by atoms with Gasteiger partial charge in [-0.2, -0.15) is 0 Å². The number of aromatic carboxylic acids is 1. The minimum atomic E-state index is -0.975. The topological polar surface area (TPSA) is 55.8 Å². The second-order valence-electron chi connectivity index (χ2n) is 3.57. The molecule has 1 aromatic carbocycles. The molecule has 0 atom stereocenters. The van der Waals surface area contributed by atoms with Gasteiger partial charge in [0.15, 0.2) is 11.5 Å². The summed E-state index contributed by atoms with van der Waals surface area (Å²) in [4.78, 5) is 10.8. The van der Waals surface area contributed by atoms with Crippen molar-refractivity contribution in [2.75, 3.05) is 6.61 Å². The van der Waals surface area contributed by atoms with Gasteiger partial charge in [0.2, 0.25) is 0 Å². The van der Waals surface area contributed by atoms with Crippen LogP contribution in [0.3, 0.4) is 0 Å². The fourth-order valence-corrected chi connectivity index (χ4v) is 1.26. The summed E-state index contributed by atoms with van der Waals surface area (Å²) in [5.74, 6) is 0.0648. The van der Waals surface area contributed by atoms with Crippen LogP contribution >= 0.6 is 0 Å². The molecule has 88 valence electrons. The molecule has 4 heteroatoms. The lowest BCUT2D eigenvalue weighted by atomic mass is 10.2. The summed E-state index contributed by atoms with van der Waals surface area (Å²) in [6.45, 7) is 6.12. The summed E-state index contributed by atoms with van der Waals surface area (Å²) >= 11 is 0. The van der Waals surface area contributed by atoms with Gasteiger partial charge in [-0.3, -0.25) is 0 Å². The maximum Gasteiger partial charge on any atom is 0.335 e. The highest BCUT2D eigenvalue weighted by Gasteiger charge is 2.11. The van der Waals surface area contributed by atoms with E-state index >= 15 is 0 Å². The molecular formula is C12H16O4. The van der Waals surface area contributed by atoms with Crippen LogP contribution in [0.15, 0.2) is 18.2 Å². The summed E-state index contributed by atoms with van der Waals surface area (Å²) in [6, 6.07) is 4.60. The first-order valence-electron chi connectivity index (χ1n) is 5.21. The third-order valence-corrected chi connectivity index (χ3v) is 1.85. The van der Waals surface area contributed by atoms with Crippen LogP contribution in [0, 0.1) is 0 Å². The van der Waals surface area contributed by atoms with E-state index < -0.39 is 5.97 Å². The zero-order valence-corrected chi connectivity index (χ0v) is 9.69. The Bertz CT molecular complexity index is 371. The van der Waals surface area contributed by atoms with Gasteiger partial charge in [-0.05, 0) is 39.0 Å². The van der Waals surface area contributed by atoms with Crippen LogP contribution in [-0.4, -0.2) is 23.8 Å². The van der Waals surface area contributed by atoms with E-state index in [9.17, 15) is 4.79 Å². The van der Waals surface area contributed by atoms with Crippen molar-refractivity contribution in [3.05, 3.63) is 23.8 Å². The van der Waals surface area contributed by atoms with E-state index in [4.69, 9.17) is 14.6 Å². The lowest BCUT2D eigenvalue weighted by molar-refractivity contribution is 0.0696. The van der Waals surface area contributed by atoms with Gasteiger partial charge in [0, 0.05) is 0 Å². The second-order valence-corrected chi connectivity index (χ2v) is 3.57. The first kappa shape index (κ1) is 12.4. The Kier molecular flexibility index (Phi) is 4.17. The largest absolute Gasteiger partial charge is 0.490 e. The number of ether oxygens (including phenoxy) is 2. The Balaban J connectivity index is 3.03. The number of hydrogen-bond donors (Lipinski definition) is 1. The van der Waals surface area contributed by atoms with E-state index in [-0.39, 0.29) is 11.7 Å². The van der Waals surface area contributed by atoms with Crippen molar-refractivity contribution < 1.29 is 19.4 Å². The van der Waals surface area contributed by atoms with Crippen LogP contribution in [0.25, 0.3) is 0 Å². The van der Waals surface area contributed by atoms with Crippen molar-refractivity contribution in [3.63, 3.8) is 0 Å². The predicted octanol–water partition coefficient (Wildman–Crippen LogP) is 2.57. The molecule has 0 aromatic heterocycles. The van der Waals surface area contributed by atoms with Gasteiger partial charge in [-0.25, -0.2) is 4.79 Å². The Labute approximate surface area is 94.8 Å². The Morgan fingerprint density at radius 1 is 1.38 bits per heavy atom. The number of benzene rings is 1. The second kappa shape index (κ2) is 5.39. The van der Waals surface area contributed by atoms with E-state index in [2.05, 4.69) is 0 Å². The highest BCUT2D eigenvalue weighted by atomic mass is 16.5. The first-order chi connectivity index (χ1) is 7.54. The minimum absolute atomic E-state index is 0.0230. The lowest BCUT2D eigenvalue weighted by Gasteiger charge is -2.14. The van der Waals surface area contributed by atoms with Crippen LogP contribution in [0.5, 0.6) is 11.5 Å².